The van der Waals surface area contributed by atoms with E-state index in [1.807, 2.05) is 0 Å². The fourth-order valence-electron chi connectivity index (χ4n) is 8.25. The summed E-state index contributed by atoms with van der Waals surface area (Å²) in [4.78, 5) is 2.49. The second kappa shape index (κ2) is 9.00. The van der Waals surface area contributed by atoms with Gasteiger partial charge in [0.25, 0.3) is 0 Å². The molecule has 1 aromatic heterocycles. The van der Waals surface area contributed by atoms with E-state index >= 15 is 0 Å². The molecule has 0 radical (unpaired) electrons. The first-order valence-corrected chi connectivity index (χ1v) is 15.8. The summed E-state index contributed by atoms with van der Waals surface area (Å²) in [5.41, 5.74) is 16.8. The van der Waals surface area contributed by atoms with Crippen LogP contribution in [0.5, 0.6) is 0 Å². The van der Waals surface area contributed by atoms with E-state index in [0.29, 0.717) is 0 Å². The molecule has 2 aliphatic heterocycles. The van der Waals surface area contributed by atoms with Crippen molar-refractivity contribution in [2.45, 2.75) is 13.8 Å². The van der Waals surface area contributed by atoms with E-state index in [0.717, 1.165) is 0 Å². The van der Waals surface area contributed by atoms with Crippen LogP contribution in [0.3, 0.4) is 0 Å². The summed E-state index contributed by atoms with van der Waals surface area (Å²) < 4.78 is 2.45. The molecule has 210 valence electrons. The fraction of sp³-hybridized carbons (Fsp3) is 0.0476. The van der Waals surface area contributed by atoms with Crippen molar-refractivity contribution >= 4 is 72.7 Å². The summed E-state index contributed by atoms with van der Waals surface area (Å²) in [6.07, 6.45) is 0. The van der Waals surface area contributed by atoms with Gasteiger partial charge in [-0.25, -0.2) is 0 Å². The van der Waals surface area contributed by atoms with Crippen molar-refractivity contribution < 1.29 is 0 Å². The lowest BCUT2D eigenvalue weighted by Crippen LogP contribution is -2.59. The van der Waals surface area contributed by atoms with Crippen molar-refractivity contribution in [2.75, 3.05) is 4.90 Å². The van der Waals surface area contributed by atoms with E-state index < -0.39 is 0 Å². The molecule has 0 saturated carbocycles. The minimum absolute atomic E-state index is 0.156. The maximum absolute atomic E-state index is 2.49. The molecule has 45 heavy (non-hydrogen) atoms. The topological polar surface area (TPSA) is 8.17 Å². The highest BCUT2D eigenvalue weighted by atomic mass is 15.1. The number of para-hydroxylation sites is 2. The van der Waals surface area contributed by atoms with Crippen LogP contribution >= 0.6 is 0 Å². The van der Waals surface area contributed by atoms with Crippen LogP contribution < -0.4 is 21.3 Å². The third-order valence-electron chi connectivity index (χ3n) is 10.1. The van der Waals surface area contributed by atoms with Crippen LogP contribution in [0.2, 0.25) is 0 Å². The van der Waals surface area contributed by atoms with Gasteiger partial charge in [-0.05, 0) is 95.2 Å². The Kier molecular flexibility index (Phi) is 4.97. The Balaban J connectivity index is 1.40. The van der Waals surface area contributed by atoms with Gasteiger partial charge in [-0.15, -0.1) is 0 Å². The average Bonchev–Trinajstić information content (AvgIpc) is 3.41. The van der Waals surface area contributed by atoms with Gasteiger partial charge in [0.1, 0.15) is 0 Å². The quantitative estimate of drug-likeness (QED) is 0.188. The summed E-state index contributed by atoms with van der Waals surface area (Å²) in [6, 6.07) is 52.1. The molecule has 10 rings (SSSR count). The molecule has 0 atom stereocenters. The minimum atomic E-state index is 0.156. The highest BCUT2D eigenvalue weighted by Gasteiger charge is 2.41. The Labute approximate surface area is 262 Å². The van der Waals surface area contributed by atoms with Crippen LogP contribution in [-0.2, 0) is 0 Å². The smallest absolute Gasteiger partial charge is 0.248 e. The number of aromatic nitrogens is 1. The normalized spacial score (nSPS) is 13.0. The first-order chi connectivity index (χ1) is 22.2. The highest BCUT2D eigenvalue weighted by Crippen LogP contribution is 2.46. The molecule has 0 bridgehead atoms. The molecule has 0 N–H and O–H groups in total. The van der Waals surface area contributed by atoms with E-state index in [1.54, 1.807) is 0 Å². The van der Waals surface area contributed by atoms with Gasteiger partial charge in [-0.2, -0.15) is 0 Å². The number of anilines is 3. The number of benzene rings is 7. The van der Waals surface area contributed by atoms with Gasteiger partial charge in [0.2, 0.25) is 6.71 Å². The third-order valence-corrected chi connectivity index (χ3v) is 10.1. The molecule has 7 aromatic carbocycles. The summed E-state index contributed by atoms with van der Waals surface area (Å²) in [6.45, 7) is 4.54. The second-order valence-corrected chi connectivity index (χ2v) is 12.7. The van der Waals surface area contributed by atoms with Crippen molar-refractivity contribution in [3.05, 3.63) is 151 Å². The molecule has 0 unspecified atom stereocenters. The zero-order valence-electron chi connectivity index (χ0n) is 25.3. The van der Waals surface area contributed by atoms with Gasteiger partial charge in [0, 0.05) is 33.5 Å². The maximum Gasteiger partial charge on any atom is 0.248 e. The molecular formula is C42H29BN2. The predicted molar refractivity (Wildman–Crippen MR) is 193 cm³/mol. The Hall–Kier alpha value is -5.54. The Morgan fingerprint density at radius 2 is 1.29 bits per heavy atom. The molecule has 0 aliphatic carbocycles. The molecular weight excluding hydrogens is 543 g/mol. The second-order valence-electron chi connectivity index (χ2n) is 12.7. The Morgan fingerprint density at radius 1 is 0.511 bits per heavy atom. The van der Waals surface area contributed by atoms with Crippen molar-refractivity contribution in [1.29, 1.82) is 0 Å². The van der Waals surface area contributed by atoms with Crippen LogP contribution in [0, 0.1) is 13.8 Å². The maximum atomic E-state index is 2.49. The molecule has 0 spiro atoms. The van der Waals surface area contributed by atoms with E-state index in [1.165, 1.54) is 94.0 Å². The first-order valence-electron chi connectivity index (χ1n) is 15.8. The van der Waals surface area contributed by atoms with Crippen LogP contribution in [0.1, 0.15) is 11.1 Å². The minimum Gasteiger partial charge on any atom is -0.312 e. The van der Waals surface area contributed by atoms with Crippen molar-refractivity contribution in [3.8, 4) is 16.8 Å². The summed E-state index contributed by atoms with van der Waals surface area (Å²) in [7, 11) is 0. The molecule has 2 aliphatic rings. The molecule has 0 fully saturated rings. The third kappa shape index (κ3) is 3.30. The van der Waals surface area contributed by atoms with E-state index in [9.17, 15) is 0 Å². The standard InChI is InChI=1S/C42H29BN2/c1-26-18-21-30(22-19-26)45-36-23-20-27(2)24-34(36)43-33-15-8-10-28-25-38-40(41(39(28)33)32-14-9-17-37(45)42(32)43)31-13-6-7-16-35(31)44(38)29-11-4-3-5-12-29/h3-25H,1-2H3. The molecule has 0 saturated heterocycles. The lowest BCUT2D eigenvalue weighted by Gasteiger charge is -2.40. The van der Waals surface area contributed by atoms with Crippen molar-refractivity contribution in [1.82, 2.24) is 4.57 Å². The molecule has 3 heteroatoms. The fourth-order valence-corrected chi connectivity index (χ4v) is 8.25. The van der Waals surface area contributed by atoms with E-state index in [2.05, 4.69) is 163 Å². The van der Waals surface area contributed by atoms with Gasteiger partial charge in [0.05, 0.1) is 11.0 Å². The van der Waals surface area contributed by atoms with Crippen molar-refractivity contribution in [2.24, 2.45) is 0 Å². The lowest BCUT2D eigenvalue weighted by molar-refractivity contribution is 1.18. The number of nitrogens with zero attached hydrogens (tertiary/aromatic N) is 2. The summed E-state index contributed by atoms with van der Waals surface area (Å²) in [5, 5.41) is 5.30. The van der Waals surface area contributed by atoms with Crippen LogP contribution in [0.4, 0.5) is 17.1 Å². The summed E-state index contributed by atoms with van der Waals surface area (Å²) >= 11 is 0. The van der Waals surface area contributed by atoms with Crippen molar-refractivity contribution in [3.63, 3.8) is 0 Å². The van der Waals surface area contributed by atoms with Crippen LogP contribution in [-0.4, -0.2) is 11.3 Å². The number of hydrogen-bond donors (Lipinski definition) is 0. The number of fused-ring (bicyclic) bond motifs is 8. The monoisotopic (exact) mass is 572 g/mol. The van der Waals surface area contributed by atoms with Gasteiger partial charge in [0.15, 0.2) is 0 Å². The Morgan fingerprint density at radius 3 is 2.16 bits per heavy atom. The van der Waals surface area contributed by atoms with Crippen LogP contribution in [0.15, 0.2) is 140 Å². The lowest BCUT2D eigenvalue weighted by atomic mass is 9.32. The van der Waals surface area contributed by atoms with E-state index in [4.69, 9.17) is 0 Å². The Bertz CT molecular complexity index is 2510. The highest BCUT2D eigenvalue weighted by molar-refractivity contribution is 7.01. The zero-order chi connectivity index (χ0) is 29.8. The van der Waals surface area contributed by atoms with Crippen LogP contribution in [0.25, 0.3) is 49.4 Å². The van der Waals surface area contributed by atoms with E-state index in [-0.39, 0.29) is 6.71 Å². The molecule has 3 heterocycles. The largest absolute Gasteiger partial charge is 0.312 e. The molecule has 8 aromatic rings. The number of aryl methyl sites for hydroxylation is 2. The number of hydrogen-bond acceptors (Lipinski definition) is 1. The number of rotatable bonds is 2. The summed E-state index contributed by atoms with van der Waals surface area (Å²) in [5.74, 6) is 0. The van der Waals surface area contributed by atoms with Gasteiger partial charge in [-0.1, -0.05) is 108 Å². The molecule has 0 amide bonds. The molecule has 2 nitrogen and oxygen atoms in total. The zero-order valence-corrected chi connectivity index (χ0v) is 25.3. The first kappa shape index (κ1) is 24.9. The van der Waals surface area contributed by atoms with Gasteiger partial charge in [-0.3, -0.25) is 0 Å². The predicted octanol–water partition coefficient (Wildman–Crippen LogP) is 8.83. The SMILES string of the molecule is Cc1ccc(N2c3ccc(C)cc3B3c4c(cccc42)-c2c4c3cccc4cc3c2c2ccccc2n3-c2ccccc2)cc1. The van der Waals surface area contributed by atoms with Gasteiger partial charge < -0.3 is 9.47 Å². The van der Waals surface area contributed by atoms with Gasteiger partial charge >= 0.3 is 0 Å². The average molecular weight is 573 g/mol.